The van der Waals surface area contributed by atoms with Crippen molar-refractivity contribution in [3.8, 4) is 0 Å². The molecular formula is C13H20N4S. The maximum absolute atomic E-state index is 5.78. The van der Waals surface area contributed by atoms with Gasteiger partial charge in [0.25, 0.3) is 0 Å². The van der Waals surface area contributed by atoms with Crippen LogP contribution in [0.5, 0.6) is 0 Å². The Kier molecular flexibility index (Phi) is 4.16. The first-order chi connectivity index (χ1) is 8.56. The van der Waals surface area contributed by atoms with Crippen LogP contribution in [0.1, 0.15) is 11.1 Å². The third kappa shape index (κ3) is 3.19. The zero-order valence-corrected chi connectivity index (χ0v) is 11.8. The zero-order valence-electron chi connectivity index (χ0n) is 10.9. The molecule has 18 heavy (non-hydrogen) atoms. The van der Waals surface area contributed by atoms with Crippen molar-refractivity contribution in [1.82, 2.24) is 9.91 Å². The second-order valence-corrected chi connectivity index (χ2v) is 5.26. The SMILES string of the molecule is Cc1ccc(NN2CCN(C)CC2)c(C(N)=S)c1. The van der Waals surface area contributed by atoms with Gasteiger partial charge in [0.2, 0.25) is 0 Å². The molecule has 1 heterocycles. The summed E-state index contributed by atoms with van der Waals surface area (Å²) >= 11 is 5.11. The van der Waals surface area contributed by atoms with Crippen LogP contribution in [-0.4, -0.2) is 48.1 Å². The van der Waals surface area contributed by atoms with Crippen LogP contribution in [0.15, 0.2) is 18.2 Å². The summed E-state index contributed by atoms with van der Waals surface area (Å²) in [6.07, 6.45) is 0. The maximum atomic E-state index is 5.78. The Morgan fingerprint density at radius 3 is 2.56 bits per heavy atom. The molecule has 0 amide bonds. The van der Waals surface area contributed by atoms with Crippen LogP contribution in [0.3, 0.4) is 0 Å². The van der Waals surface area contributed by atoms with Crippen molar-refractivity contribution in [2.75, 3.05) is 38.7 Å². The predicted molar refractivity (Wildman–Crippen MR) is 79.8 cm³/mol. The highest BCUT2D eigenvalue weighted by molar-refractivity contribution is 7.80. The van der Waals surface area contributed by atoms with Crippen molar-refractivity contribution in [2.45, 2.75) is 6.92 Å². The number of hydrogen-bond acceptors (Lipinski definition) is 4. The van der Waals surface area contributed by atoms with Gasteiger partial charge in [-0.05, 0) is 26.1 Å². The number of rotatable bonds is 3. The van der Waals surface area contributed by atoms with Gasteiger partial charge in [-0.3, -0.25) is 0 Å². The second-order valence-electron chi connectivity index (χ2n) is 4.82. The minimum atomic E-state index is 0.440. The van der Waals surface area contributed by atoms with Gasteiger partial charge in [0, 0.05) is 31.7 Å². The van der Waals surface area contributed by atoms with Gasteiger partial charge in [-0.25, -0.2) is 5.01 Å². The molecule has 4 nitrogen and oxygen atoms in total. The minimum absolute atomic E-state index is 0.440. The quantitative estimate of drug-likeness (QED) is 0.803. The lowest BCUT2D eigenvalue weighted by molar-refractivity contribution is 0.179. The molecule has 0 spiro atoms. The molecule has 2 rings (SSSR count). The maximum Gasteiger partial charge on any atom is 0.106 e. The van der Waals surface area contributed by atoms with Gasteiger partial charge in [-0.2, -0.15) is 0 Å². The Morgan fingerprint density at radius 1 is 1.28 bits per heavy atom. The lowest BCUT2D eigenvalue weighted by Crippen LogP contribution is -2.47. The molecule has 1 aliphatic rings. The molecular weight excluding hydrogens is 244 g/mol. The van der Waals surface area contributed by atoms with Crippen molar-refractivity contribution >= 4 is 22.9 Å². The summed E-state index contributed by atoms with van der Waals surface area (Å²) in [6.45, 7) is 6.19. The first kappa shape index (κ1) is 13.3. The van der Waals surface area contributed by atoms with Crippen LogP contribution in [0, 0.1) is 6.92 Å². The molecule has 0 bridgehead atoms. The summed E-state index contributed by atoms with van der Waals surface area (Å²) in [4.78, 5) is 2.76. The van der Waals surface area contributed by atoms with Crippen LogP contribution < -0.4 is 11.2 Å². The Balaban J connectivity index is 2.11. The number of piperazine rings is 1. The fourth-order valence-electron chi connectivity index (χ4n) is 2.05. The van der Waals surface area contributed by atoms with Gasteiger partial charge in [-0.15, -0.1) is 0 Å². The van der Waals surface area contributed by atoms with Gasteiger partial charge in [0.05, 0.1) is 5.69 Å². The summed E-state index contributed by atoms with van der Waals surface area (Å²) in [5, 5.41) is 2.21. The summed E-state index contributed by atoms with van der Waals surface area (Å²) in [6, 6.07) is 6.14. The third-order valence-corrected chi connectivity index (χ3v) is 3.44. The van der Waals surface area contributed by atoms with Crippen LogP contribution in [0.25, 0.3) is 0 Å². The third-order valence-electron chi connectivity index (χ3n) is 3.22. The normalized spacial score (nSPS) is 17.7. The number of nitrogens with two attached hydrogens (primary N) is 1. The predicted octanol–water partition coefficient (Wildman–Crippen LogP) is 1.20. The molecule has 1 aromatic carbocycles. The number of hydrogen-bond donors (Lipinski definition) is 2. The smallest absolute Gasteiger partial charge is 0.106 e. The number of anilines is 1. The van der Waals surface area contributed by atoms with Crippen molar-refractivity contribution in [3.05, 3.63) is 29.3 Å². The Bertz CT molecular complexity index is 439. The molecule has 1 aromatic rings. The fourth-order valence-corrected chi connectivity index (χ4v) is 2.22. The van der Waals surface area contributed by atoms with E-state index in [0.717, 1.165) is 37.4 Å². The molecule has 1 fully saturated rings. The molecule has 0 aromatic heterocycles. The summed E-state index contributed by atoms with van der Waals surface area (Å²) < 4.78 is 0. The van der Waals surface area contributed by atoms with E-state index in [2.05, 4.69) is 28.4 Å². The molecule has 0 saturated carbocycles. The largest absolute Gasteiger partial charge is 0.389 e. The van der Waals surface area contributed by atoms with Crippen molar-refractivity contribution in [1.29, 1.82) is 0 Å². The van der Waals surface area contributed by atoms with Crippen molar-refractivity contribution in [2.24, 2.45) is 5.73 Å². The Morgan fingerprint density at radius 2 is 1.94 bits per heavy atom. The number of aryl methyl sites for hydroxylation is 1. The van der Waals surface area contributed by atoms with Crippen molar-refractivity contribution in [3.63, 3.8) is 0 Å². The van der Waals surface area contributed by atoms with Crippen LogP contribution in [-0.2, 0) is 0 Å². The van der Waals surface area contributed by atoms with Gasteiger partial charge in [0.15, 0.2) is 0 Å². The van der Waals surface area contributed by atoms with Crippen molar-refractivity contribution < 1.29 is 0 Å². The number of nitrogens with one attached hydrogen (secondary N) is 1. The van der Waals surface area contributed by atoms with Crippen LogP contribution in [0.4, 0.5) is 5.69 Å². The average Bonchev–Trinajstić information content (AvgIpc) is 2.34. The highest BCUT2D eigenvalue weighted by atomic mass is 32.1. The molecule has 3 N–H and O–H groups in total. The molecule has 0 unspecified atom stereocenters. The van der Waals surface area contributed by atoms with E-state index >= 15 is 0 Å². The van der Waals surface area contributed by atoms with E-state index in [1.165, 1.54) is 5.56 Å². The zero-order chi connectivity index (χ0) is 13.1. The lowest BCUT2D eigenvalue weighted by Gasteiger charge is -2.33. The van der Waals surface area contributed by atoms with E-state index < -0.39 is 0 Å². The monoisotopic (exact) mass is 264 g/mol. The van der Waals surface area contributed by atoms with Gasteiger partial charge >= 0.3 is 0 Å². The standard InChI is InChI=1S/C13H20N4S/c1-10-3-4-12(11(9-10)13(14)18)15-17-7-5-16(2)6-8-17/h3-4,9,15H,5-8H2,1-2H3,(H2,14,18). The van der Waals surface area contributed by atoms with E-state index in [0.29, 0.717) is 4.99 Å². The number of thiocarbonyl (C=S) groups is 1. The molecule has 0 aliphatic carbocycles. The summed E-state index contributed by atoms with van der Waals surface area (Å²) in [5.74, 6) is 0. The number of hydrazine groups is 1. The highest BCUT2D eigenvalue weighted by Crippen LogP contribution is 2.18. The first-order valence-corrected chi connectivity index (χ1v) is 6.57. The summed E-state index contributed by atoms with van der Waals surface area (Å²) in [7, 11) is 2.14. The Labute approximate surface area is 114 Å². The number of nitrogens with zero attached hydrogens (tertiary/aromatic N) is 2. The molecule has 5 heteroatoms. The molecule has 0 radical (unpaired) electrons. The average molecular weight is 264 g/mol. The van der Waals surface area contributed by atoms with Gasteiger partial charge in [-0.1, -0.05) is 23.8 Å². The van der Waals surface area contributed by atoms with Crippen LogP contribution >= 0.6 is 12.2 Å². The van der Waals surface area contributed by atoms with Gasteiger partial charge in [0.1, 0.15) is 4.99 Å². The van der Waals surface area contributed by atoms with Gasteiger partial charge < -0.3 is 16.1 Å². The minimum Gasteiger partial charge on any atom is -0.389 e. The van der Waals surface area contributed by atoms with Crippen LogP contribution in [0.2, 0.25) is 0 Å². The Hall–Kier alpha value is -1.17. The van der Waals surface area contributed by atoms with E-state index in [4.69, 9.17) is 18.0 Å². The number of benzene rings is 1. The molecule has 98 valence electrons. The highest BCUT2D eigenvalue weighted by Gasteiger charge is 2.15. The molecule has 1 saturated heterocycles. The van der Waals surface area contributed by atoms with E-state index in [9.17, 15) is 0 Å². The van der Waals surface area contributed by atoms with E-state index in [-0.39, 0.29) is 0 Å². The van der Waals surface area contributed by atoms with E-state index in [1.54, 1.807) is 0 Å². The number of likely N-dealkylation sites (N-methyl/N-ethyl adjacent to an activating group) is 1. The van der Waals surface area contributed by atoms with E-state index in [1.807, 2.05) is 19.1 Å². The summed E-state index contributed by atoms with van der Waals surface area (Å²) in [5.41, 5.74) is 12.3. The fraction of sp³-hybridized carbons (Fsp3) is 0.462. The topological polar surface area (TPSA) is 44.5 Å². The lowest BCUT2D eigenvalue weighted by atomic mass is 10.1. The first-order valence-electron chi connectivity index (χ1n) is 6.17. The molecule has 1 aliphatic heterocycles. The molecule has 0 atom stereocenters. The second kappa shape index (κ2) is 5.65.